The van der Waals surface area contributed by atoms with Crippen LogP contribution in [0.15, 0.2) is 47.6 Å². The summed E-state index contributed by atoms with van der Waals surface area (Å²) in [7, 11) is 0. The maximum Gasteiger partial charge on any atom is 0.337 e. The van der Waals surface area contributed by atoms with Crippen LogP contribution in [0.2, 0.25) is 5.02 Å². The van der Waals surface area contributed by atoms with Gasteiger partial charge in [-0.05, 0) is 24.3 Å². The summed E-state index contributed by atoms with van der Waals surface area (Å²) in [4.78, 5) is 10.9. The predicted octanol–water partition coefficient (Wildman–Crippen LogP) is 3.62. The van der Waals surface area contributed by atoms with Crippen LogP contribution >= 0.6 is 11.6 Å². The number of rotatable bonds is 4. The van der Waals surface area contributed by atoms with Gasteiger partial charge in [-0.2, -0.15) is 5.10 Å². The van der Waals surface area contributed by atoms with Crippen LogP contribution in [0.3, 0.4) is 0 Å². The third kappa shape index (κ3) is 3.33. The first-order chi connectivity index (χ1) is 9.58. The first kappa shape index (κ1) is 14.0. The third-order valence-corrected chi connectivity index (χ3v) is 2.83. The Morgan fingerprint density at radius 1 is 1.30 bits per heavy atom. The molecule has 2 aromatic rings. The maximum absolute atomic E-state index is 13.3. The zero-order valence-corrected chi connectivity index (χ0v) is 10.9. The van der Waals surface area contributed by atoms with E-state index in [1.54, 1.807) is 24.3 Å². The molecular formula is C14H10ClFN2O2. The van der Waals surface area contributed by atoms with E-state index in [2.05, 4.69) is 10.5 Å². The largest absolute Gasteiger partial charge is 0.478 e. The average Bonchev–Trinajstić information content (AvgIpc) is 2.42. The molecule has 2 aromatic carbocycles. The Kier molecular flexibility index (Phi) is 4.32. The maximum atomic E-state index is 13.3. The summed E-state index contributed by atoms with van der Waals surface area (Å²) < 4.78 is 13.3. The number of nitrogens with one attached hydrogen (secondary N) is 1. The quantitative estimate of drug-likeness (QED) is 0.668. The molecule has 0 aliphatic heterocycles. The van der Waals surface area contributed by atoms with Gasteiger partial charge in [0.15, 0.2) is 0 Å². The fourth-order valence-electron chi connectivity index (χ4n) is 1.51. The van der Waals surface area contributed by atoms with Crippen molar-refractivity contribution in [2.75, 3.05) is 5.43 Å². The lowest BCUT2D eigenvalue weighted by Crippen LogP contribution is -1.99. The first-order valence-corrected chi connectivity index (χ1v) is 6.02. The van der Waals surface area contributed by atoms with Crippen molar-refractivity contribution in [2.24, 2.45) is 5.10 Å². The van der Waals surface area contributed by atoms with E-state index in [9.17, 15) is 9.18 Å². The van der Waals surface area contributed by atoms with Crippen molar-refractivity contribution < 1.29 is 14.3 Å². The number of carboxylic acids is 1. The van der Waals surface area contributed by atoms with Crippen molar-refractivity contribution in [1.82, 2.24) is 0 Å². The van der Waals surface area contributed by atoms with E-state index in [0.29, 0.717) is 11.3 Å². The van der Waals surface area contributed by atoms with Gasteiger partial charge in [-0.1, -0.05) is 29.8 Å². The number of nitrogens with zero attached hydrogens (tertiary/aromatic N) is 1. The molecule has 6 heteroatoms. The lowest BCUT2D eigenvalue weighted by atomic mass is 10.2. The highest BCUT2D eigenvalue weighted by molar-refractivity contribution is 6.33. The van der Waals surface area contributed by atoms with Crippen LogP contribution in [-0.4, -0.2) is 17.3 Å². The van der Waals surface area contributed by atoms with E-state index in [1.165, 1.54) is 24.4 Å². The molecule has 0 atom stereocenters. The Balaban J connectivity index is 2.14. The van der Waals surface area contributed by atoms with Gasteiger partial charge in [-0.25, -0.2) is 9.18 Å². The summed E-state index contributed by atoms with van der Waals surface area (Å²) >= 11 is 5.75. The number of hydrogen-bond donors (Lipinski definition) is 2. The normalized spacial score (nSPS) is 10.7. The van der Waals surface area contributed by atoms with Crippen LogP contribution in [0, 0.1) is 5.82 Å². The molecule has 0 saturated carbocycles. The van der Waals surface area contributed by atoms with Crippen LogP contribution < -0.4 is 5.43 Å². The highest BCUT2D eigenvalue weighted by Gasteiger charge is 2.08. The molecule has 2 rings (SSSR count). The highest BCUT2D eigenvalue weighted by atomic mass is 35.5. The SMILES string of the molecule is O=C(O)c1cc(NN=Cc2ccccc2F)ccc1Cl. The molecule has 0 unspecified atom stereocenters. The predicted molar refractivity (Wildman–Crippen MR) is 76.0 cm³/mol. The van der Waals surface area contributed by atoms with Crippen LogP contribution in [-0.2, 0) is 0 Å². The van der Waals surface area contributed by atoms with Crippen LogP contribution in [0.5, 0.6) is 0 Å². The van der Waals surface area contributed by atoms with Crippen molar-refractivity contribution in [3.8, 4) is 0 Å². The Morgan fingerprint density at radius 3 is 2.75 bits per heavy atom. The van der Waals surface area contributed by atoms with Crippen LogP contribution in [0.25, 0.3) is 0 Å². The molecule has 0 bridgehead atoms. The molecule has 0 amide bonds. The minimum absolute atomic E-state index is 0.0299. The van der Waals surface area contributed by atoms with Gasteiger partial charge in [0.05, 0.1) is 22.5 Å². The molecule has 0 aliphatic rings. The van der Waals surface area contributed by atoms with E-state index >= 15 is 0 Å². The summed E-state index contributed by atoms with van der Waals surface area (Å²) in [6.07, 6.45) is 1.31. The molecule has 0 aromatic heterocycles. The lowest BCUT2D eigenvalue weighted by molar-refractivity contribution is 0.0697. The Labute approximate surface area is 119 Å². The van der Waals surface area contributed by atoms with Gasteiger partial charge in [-0.3, -0.25) is 5.43 Å². The van der Waals surface area contributed by atoms with Gasteiger partial charge in [0.1, 0.15) is 5.82 Å². The molecular weight excluding hydrogens is 283 g/mol. The Hall–Kier alpha value is -2.40. The molecule has 4 nitrogen and oxygen atoms in total. The Bertz CT molecular complexity index is 674. The number of hydrogen-bond acceptors (Lipinski definition) is 3. The summed E-state index contributed by atoms with van der Waals surface area (Å²) in [6.45, 7) is 0. The van der Waals surface area contributed by atoms with Crippen LogP contribution in [0.1, 0.15) is 15.9 Å². The minimum Gasteiger partial charge on any atom is -0.478 e. The highest BCUT2D eigenvalue weighted by Crippen LogP contribution is 2.20. The second-order valence-electron chi connectivity index (χ2n) is 3.89. The fraction of sp³-hybridized carbons (Fsp3) is 0. The standard InChI is InChI=1S/C14H10ClFN2O2/c15-12-6-5-10(7-11(12)14(19)20)18-17-8-9-3-1-2-4-13(9)16/h1-8,18H,(H,19,20). The van der Waals surface area contributed by atoms with Crippen molar-refractivity contribution in [3.63, 3.8) is 0 Å². The minimum atomic E-state index is -1.13. The summed E-state index contributed by atoms with van der Waals surface area (Å²) in [5.41, 5.74) is 3.36. The Morgan fingerprint density at radius 2 is 2.05 bits per heavy atom. The molecule has 0 aliphatic carbocycles. The zero-order valence-electron chi connectivity index (χ0n) is 10.2. The van der Waals surface area contributed by atoms with E-state index in [4.69, 9.17) is 16.7 Å². The van der Waals surface area contributed by atoms with Crippen LogP contribution in [0.4, 0.5) is 10.1 Å². The van der Waals surface area contributed by atoms with Crippen molar-refractivity contribution in [2.45, 2.75) is 0 Å². The van der Waals surface area contributed by atoms with E-state index in [-0.39, 0.29) is 16.4 Å². The zero-order chi connectivity index (χ0) is 14.5. The van der Waals surface area contributed by atoms with Gasteiger partial charge < -0.3 is 5.11 Å². The molecule has 0 saturated heterocycles. The number of benzene rings is 2. The molecule has 0 heterocycles. The van der Waals surface area contributed by atoms with E-state index in [1.807, 2.05) is 0 Å². The molecule has 0 spiro atoms. The average molecular weight is 293 g/mol. The lowest BCUT2D eigenvalue weighted by Gasteiger charge is -2.03. The molecule has 102 valence electrons. The smallest absolute Gasteiger partial charge is 0.337 e. The topological polar surface area (TPSA) is 61.7 Å². The van der Waals surface area contributed by atoms with E-state index in [0.717, 1.165) is 0 Å². The summed E-state index contributed by atoms with van der Waals surface area (Å²) in [5.74, 6) is -1.52. The number of hydrazone groups is 1. The van der Waals surface area contributed by atoms with Crippen molar-refractivity contribution in [1.29, 1.82) is 0 Å². The number of carboxylic acid groups (broad SMARTS) is 1. The molecule has 0 radical (unpaired) electrons. The van der Waals surface area contributed by atoms with Crippen molar-refractivity contribution in [3.05, 3.63) is 64.4 Å². The number of carbonyl (C=O) groups is 1. The number of anilines is 1. The first-order valence-electron chi connectivity index (χ1n) is 5.64. The molecule has 2 N–H and O–H groups in total. The fourth-order valence-corrected chi connectivity index (χ4v) is 1.71. The van der Waals surface area contributed by atoms with Gasteiger partial charge in [-0.15, -0.1) is 0 Å². The van der Waals surface area contributed by atoms with Crippen molar-refractivity contribution >= 4 is 29.5 Å². The number of aromatic carboxylic acids is 1. The number of halogens is 2. The molecule has 0 fully saturated rings. The van der Waals surface area contributed by atoms with Gasteiger partial charge in [0, 0.05) is 5.56 Å². The van der Waals surface area contributed by atoms with Gasteiger partial charge in [0.2, 0.25) is 0 Å². The van der Waals surface area contributed by atoms with Gasteiger partial charge in [0.25, 0.3) is 0 Å². The summed E-state index contributed by atoms with van der Waals surface area (Å²) in [6, 6.07) is 10.5. The van der Waals surface area contributed by atoms with Gasteiger partial charge >= 0.3 is 5.97 Å². The third-order valence-electron chi connectivity index (χ3n) is 2.50. The summed E-state index contributed by atoms with van der Waals surface area (Å²) in [5, 5.41) is 12.9. The second-order valence-corrected chi connectivity index (χ2v) is 4.30. The molecule has 20 heavy (non-hydrogen) atoms. The van der Waals surface area contributed by atoms with E-state index < -0.39 is 5.97 Å². The monoisotopic (exact) mass is 292 g/mol. The second kappa shape index (κ2) is 6.16.